The summed E-state index contributed by atoms with van der Waals surface area (Å²) >= 11 is 0. The molecule has 0 aliphatic carbocycles. The summed E-state index contributed by atoms with van der Waals surface area (Å²) in [5, 5.41) is 6.50. The van der Waals surface area contributed by atoms with Gasteiger partial charge in [-0.15, -0.1) is 0 Å². The van der Waals surface area contributed by atoms with Crippen LogP contribution in [0.4, 0.5) is 0 Å². The lowest BCUT2D eigenvalue weighted by Crippen LogP contribution is -2.40. The molecule has 4 heteroatoms. The van der Waals surface area contributed by atoms with Crippen LogP contribution < -0.4 is 10.6 Å². The Balaban J connectivity index is 2.22. The molecule has 0 saturated carbocycles. The van der Waals surface area contributed by atoms with E-state index < -0.39 is 5.60 Å². The maximum absolute atomic E-state index is 11.4. The highest BCUT2D eigenvalue weighted by Gasteiger charge is 2.24. The third-order valence-electron chi connectivity index (χ3n) is 2.45. The molecule has 0 bridgehead atoms. The summed E-state index contributed by atoms with van der Waals surface area (Å²) in [5.41, 5.74) is -0.391. The van der Waals surface area contributed by atoms with Gasteiger partial charge in [0.2, 0.25) is 0 Å². The zero-order chi connectivity index (χ0) is 11.5. The highest BCUT2D eigenvalue weighted by Crippen LogP contribution is 2.08. The molecule has 1 aliphatic heterocycles. The number of rotatable bonds is 3. The largest absolute Gasteiger partial charge is 0.459 e. The van der Waals surface area contributed by atoms with Gasteiger partial charge in [0.15, 0.2) is 0 Å². The smallest absolute Gasteiger partial charge is 0.320 e. The van der Waals surface area contributed by atoms with E-state index in [9.17, 15) is 4.79 Å². The first-order valence-electron chi connectivity index (χ1n) is 5.54. The van der Waals surface area contributed by atoms with Gasteiger partial charge in [-0.2, -0.15) is 0 Å². The number of ether oxygens (including phenoxy) is 1. The van der Waals surface area contributed by atoms with Crippen molar-refractivity contribution >= 4 is 5.97 Å². The van der Waals surface area contributed by atoms with Crippen LogP contribution in [0, 0.1) is 5.92 Å². The number of hydrogen-bond acceptors (Lipinski definition) is 4. The molecule has 2 N–H and O–H groups in total. The third-order valence-corrected chi connectivity index (χ3v) is 2.45. The van der Waals surface area contributed by atoms with Crippen LogP contribution >= 0.6 is 0 Å². The van der Waals surface area contributed by atoms with Crippen molar-refractivity contribution in [2.24, 2.45) is 5.92 Å². The van der Waals surface area contributed by atoms with Gasteiger partial charge in [0, 0.05) is 12.6 Å². The van der Waals surface area contributed by atoms with Crippen molar-refractivity contribution < 1.29 is 9.53 Å². The van der Waals surface area contributed by atoms with Crippen LogP contribution in [0.25, 0.3) is 0 Å². The lowest BCUT2D eigenvalue weighted by molar-refractivity contribution is -0.153. The Labute approximate surface area is 91.8 Å². The minimum atomic E-state index is -0.391. The van der Waals surface area contributed by atoms with E-state index in [-0.39, 0.29) is 5.97 Å². The summed E-state index contributed by atoms with van der Waals surface area (Å²) in [7, 11) is 0. The van der Waals surface area contributed by atoms with Crippen LogP contribution in [-0.4, -0.2) is 37.2 Å². The Bertz CT molecular complexity index is 223. The standard InChI is InChI=1S/C11H22N2O2/c1-8-5-12-6-9(8)13-7-10(14)15-11(2,3)4/h8-9,12-13H,5-7H2,1-4H3. The van der Waals surface area contributed by atoms with Crippen molar-refractivity contribution in [2.75, 3.05) is 19.6 Å². The number of carbonyl (C=O) groups excluding carboxylic acids is 1. The normalized spacial score (nSPS) is 26.7. The maximum atomic E-state index is 11.4. The molecule has 1 heterocycles. The second-order valence-electron chi connectivity index (χ2n) is 5.21. The number of carbonyl (C=O) groups is 1. The van der Waals surface area contributed by atoms with Crippen molar-refractivity contribution in [3.8, 4) is 0 Å². The molecule has 1 aliphatic rings. The predicted octanol–water partition coefficient (Wildman–Crippen LogP) is 0.526. The molecule has 0 spiro atoms. The van der Waals surface area contributed by atoms with Gasteiger partial charge in [-0.1, -0.05) is 6.92 Å². The highest BCUT2D eigenvalue weighted by molar-refractivity contribution is 5.72. The fraction of sp³-hybridized carbons (Fsp3) is 0.909. The summed E-state index contributed by atoms with van der Waals surface area (Å²) in [6.45, 7) is 10.1. The lowest BCUT2D eigenvalue weighted by atomic mass is 10.1. The average molecular weight is 214 g/mol. The SMILES string of the molecule is CC1CNCC1NCC(=O)OC(C)(C)C. The Morgan fingerprint density at radius 3 is 2.60 bits per heavy atom. The van der Waals surface area contributed by atoms with E-state index in [1.165, 1.54) is 0 Å². The van der Waals surface area contributed by atoms with E-state index in [2.05, 4.69) is 17.6 Å². The van der Waals surface area contributed by atoms with Crippen molar-refractivity contribution in [1.82, 2.24) is 10.6 Å². The fourth-order valence-electron chi connectivity index (χ4n) is 1.68. The van der Waals surface area contributed by atoms with Gasteiger partial charge in [-0.05, 0) is 33.2 Å². The molecule has 88 valence electrons. The van der Waals surface area contributed by atoms with Gasteiger partial charge < -0.3 is 15.4 Å². The van der Waals surface area contributed by atoms with Crippen molar-refractivity contribution in [3.05, 3.63) is 0 Å². The summed E-state index contributed by atoms with van der Waals surface area (Å²) in [6.07, 6.45) is 0. The molecule has 2 unspecified atom stereocenters. The molecule has 15 heavy (non-hydrogen) atoms. The Kier molecular flexibility index (Phi) is 4.11. The van der Waals surface area contributed by atoms with Gasteiger partial charge in [0.1, 0.15) is 5.60 Å². The zero-order valence-electron chi connectivity index (χ0n) is 10.1. The number of esters is 1. The minimum absolute atomic E-state index is 0.179. The van der Waals surface area contributed by atoms with Crippen molar-refractivity contribution in [3.63, 3.8) is 0 Å². The van der Waals surface area contributed by atoms with Crippen LogP contribution in [0.2, 0.25) is 0 Å². The van der Waals surface area contributed by atoms with E-state index in [0.717, 1.165) is 13.1 Å². The van der Waals surface area contributed by atoms with Gasteiger partial charge in [0.25, 0.3) is 0 Å². The summed E-state index contributed by atoms with van der Waals surface area (Å²) < 4.78 is 5.21. The molecule has 0 aromatic carbocycles. The van der Waals surface area contributed by atoms with Crippen LogP contribution in [0.1, 0.15) is 27.7 Å². The quantitative estimate of drug-likeness (QED) is 0.673. The maximum Gasteiger partial charge on any atom is 0.320 e. The summed E-state index contributed by atoms with van der Waals surface area (Å²) in [4.78, 5) is 11.4. The van der Waals surface area contributed by atoms with Crippen molar-refractivity contribution in [2.45, 2.75) is 39.3 Å². The van der Waals surface area contributed by atoms with E-state index in [0.29, 0.717) is 18.5 Å². The first-order chi connectivity index (χ1) is 6.88. The molecule has 2 atom stereocenters. The number of hydrogen-bond donors (Lipinski definition) is 2. The molecular weight excluding hydrogens is 192 g/mol. The van der Waals surface area contributed by atoms with Crippen LogP contribution in [-0.2, 0) is 9.53 Å². The van der Waals surface area contributed by atoms with E-state index in [1.54, 1.807) is 0 Å². The Morgan fingerprint density at radius 2 is 2.13 bits per heavy atom. The first kappa shape index (κ1) is 12.5. The highest BCUT2D eigenvalue weighted by atomic mass is 16.6. The molecule has 0 aromatic rings. The zero-order valence-corrected chi connectivity index (χ0v) is 10.1. The second-order valence-corrected chi connectivity index (χ2v) is 5.21. The van der Waals surface area contributed by atoms with E-state index in [1.807, 2.05) is 20.8 Å². The molecule has 0 aromatic heterocycles. The van der Waals surface area contributed by atoms with E-state index in [4.69, 9.17) is 4.74 Å². The summed E-state index contributed by atoms with van der Waals surface area (Å²) in [5.74, 6) is 0.397. The minimum Gasteiger partial charge on any atom is -0.459 e. The second kappa shape index (κ2) is 4.94. The molecule has 1 rings (SSSR count). The molecule has 1 fully saturated rings. The monoisotopic (exact) mass is 214 g/mol. The molecule has 1 saturated heterocycles. The fourth-order valence-corrected chi connectivity index (χ4v) is 1.68. The van der Waals surface area contributed by atoms with E-state index >= 15 is 0 Å². The Hall–Kier alpha value is -0.610. The van der Waals surface area contributed by atoms with Gasteiger partial charge in [0.05, 0.1) is 6.54 Å². The number of nitrogens with one attached hydrogen (secondary N) is 2. The van der Waals surface area contributed by atoms with Gasteiger partial charge in [-0.3, -0.25) is 4.79 Å². The van der Waals surface area contributed by atoms with Gasteiger partial charge in [-0.25, -0.2) is 0 Å². The lowest BCUT2D eigenvalue weighted by Gasteiger charge is -2.21. The molecule has 4 nitrogen and oxygen atoms in total. The molecular formula is C11H22N2O2. The average Bonchev–Trinajstić information content (AvgIpc) is 2.44. The topological polar surface area (TPSA) is 50.4 Å². The van der Waals surface area contributed by atoms with Crippen molar-refractivity contribution in [1.29, 1.82) is 0 Å². The van der Waals surface area contributed by atoms with Crippen LogP contribution in [0.15, 0.2) is 0 Å². The van der Waals surface area contributed by atoms with Crippen LogP contribution in [0.3, 0.4) is 0 Å². The predicted molar refractivity (Wildman–Crippen MR) is 59.7 cm³/mol. The Morgan fingerprint density at radius 1 is 1.47 bits per heavy atom. The third kappa shape index (κ3) is 4.62. The van der Waals surface area contributed by atoms with Crippen LogP contribution in [0.5, 0.6) is 0 Å². The first-order valence-corrected chi connectivity index (χ1v) is 5.54. The molecule has 0 amide bonds. The van der Waals surface area contributed by atoms with Gasteiger partial charge >= 0.3 is 5.97 Å². The summed E-state index contributed by atoms with van der Waals surface area (Å²) in [6, 6.07) is 0.387. The molecule has 0 radical (unpaired) electrons.